The summed E-state index contributed by atoms with van der Waals surface area (Å²) in [5, 5.41) is 8.81. The first-order valence-corrected chi connectivity index (χ1v) is 6.13. The number of nitrogens with zero attached hydrogens (tertiary/aromatic N) is 1. The van der Waals surface area contributed by atoms with Crippen molar-refractivity contribution in [3.05, 3.63) is 21.9 Å². The quantitative estimate of drug-likeness (QED) is 0.854. The fourth-order valence-corrected chi connectivity index (χ4v) is 2.53. The Morgan fingerprint density at radius 1 is 1.33 bits per heavy atom. The number of hydrogen-bond acceptors (Lipinski definition) is 3. The maximum atomic E-state index is 8.81. The molecule has 0 radical (unpaired) electrons. The van der Waals surface area contributed by atoms with E-state index in [1.54, 1.807) is 0 Å². The van der Waals surface area contributed by atoms with Gasteiger partial charge >= 0.3 is 0 Å². The second-order valence-electron chi connectivity index (χ2n) is 4.98. The summed E-state index contributed by atoms with van der Waals surface area (Å²) in [5.41, 5.74) is 0.248. The van der Waals surface area contributed by atoms with E-state index >= 15 is 0 Å². The van der Waals surface area contributed by atoms with E-state index in [2.05, 4.69) is 37.8 Å². The van der Waals surface area contributed by atoms with Crippen molar-refractivity contribution >= 4 is 11.3 Å². The SMILES string of the molecule is CN(CCO)Cc1ccc(C(C)(C)C)s1. The van der Waals surface area contributed by atoms with Gasteiger partial charge in [-0.05, 0) is 24.6 Å². The Bertz CT molecular complexity index is 301. The zero-order valence-electron chi connectivity index (χ0n) is 10.1. The van der Waals surface area contributed by atoms with Gasteiger partial charge in [0, 0.05) is 22.8 Å². The normalized spacial score (nSPS) is 12.4. The molecule has 0 aliphatic heterocycles. The highest BCUT2D eigenvalue weighted by atomic mass is 32.1. The second kappa shape index (κ2) is 5.10. The van der Waals surface area contributed by atoms with Crippen LogP contribution in [0.5, 0.6) is 0 Å². The lowest BCUT2D eigenvalue weighted by molar-refractivity contribution is 0.218. The molecule has 1 N–H and O–H groups in total. The zero-order valence-corrected chi connectivity index (χ0v) is 10.9. The number of aliphatic hydroxyl groups excluding tert-OH is 1. The molecule has 0 atom stereocenters. The minimum atomic E-state index is 0.230. The van der Waals surface area contributed by atoms with Gasteiger partial charge < -0.3 is 5.11 Å². The molecule has 0 aliphatic carbocycles. The molecule has 0 saturated heterocycles. The molecule has 0 amide bonds. The number of hydrogen-bond donors (Lipinski definition) is 1. The van der Waals surface area contributed by atoms with Gasteiger partial charge in [-0.1, -0.05) is 20.8 Å². The molecule has 0 bridgehead atoms. The van der Waals surface area contributed by atoms with E-state index in [1.807, 2.05) is 18.4 Å². The maximum absolute atomic E-state index is 8.81. The van der Waals surface area contributed by atoms with Crippen molar-refractivity contribution < 1.29 is 5.11 Å². The average molecular weight is 227 g/mol. The number of aliphatic hydroxyl groups is 1. The smallest absolute Gasteiger partial charge is 0.0558 e. The molecular formula is C12H21NOS. The van der Waals surface area contributed by atoms with E-state index < -0.39 is 0 Å². The van der Waals surface area contributed by atoms with Crippen LogP contribution < -0.4 is 0 Å². The van der Waals surface area contributed by atoms with Crippen LogP contribution in [-0.4, -0.2) is 30.2 Å². The van der Waals surface area contributed by atoms with Gasteiger partial charge in [-0.3, -0.25) is 4.90 Å². The fourth-order valence-electron chi connectivity index (χ4n) is 1.38. The van der Waals surface area contributed by atoms with E-state index in [4.69, 9.17) is 5.11 Å². The minimum absolute atomic E-state index is 0.230. The van der Waals surface area contributed by atoms with Crippen molar-refractivity contribution in [1.82, 2.24) is 4.90 Å². The summed E-state index contributed by atoms with van der Waals surface area (Å²) < 4.78 is 0. The average Bonchev–Trinajstić information content (AvgIpc) is 2.52. The van der Waals surface area contributed by atoms with Gasteiger partial charge in [-0.2, -0.15) is 0 Å². The predicted octanol–water partition coefficient (Wildman–Crippen LogP) is 2.47. The van der Waals surface area contributed by atoms with Crippen LogP contribution in [0.4, 0.5) is 0 Å². The summed E-state index contributed by atoms with van der Waals surface area (Å²) in [6, 6.07) is 4.41. The topological polar surface area (TPSA) is 23.5 Å². The Balaban J connectivity index is 2.61. The number of rotatable bonds is 4. The van der Waals surface area contributed by atoms with Gasteiger partial charge in [0.2, 0.25) is 0 Å². The minimum Gasteiger partial charge on any atom is -0.395 e. The van der Waals surface area contributed by atoms with Crippen LogP contribution >= 0.6 is 11.3 Å². The van der Waals surface area contributed by atoms with Crippen molar-refractivity contribution in [1.29, 1.82) is 0 Å². The molecule has 0 spiro atoms. The number of likely N-dealkylation sites (N-methyl/N-ethyl adjacent to an activating group) is 1. The van der Waals surface area contributed by atoms with Crippen LogP contribution in [0.15, 0.2) is 12.1 Å². The van der Waals surface area contributed by atoms with Gasteiger partial charge in [0.05, 0.1) is 6.61 Å². The molecule has 2 nitrogen and oxygen atoms in total. The highest BCUT2D eigenvalue weighted by Gasteiger charge is 2.16. The molecule has 0 unspecified atom stereocenters. The Kier molecular flexibility index (Phi) is 4.32. The molecule has 3 heteroatoms. The predicted molar refractivity (Wildman–Crippen MR) is 66.4 cm³/mol. The first-order valence-electron chi connectivity index (χ1n) is 5.32. The molecule has 1 aromatic heterocycles. The highest BCUT2D eigenvalue weighted by molar-refractivity contribution is 7.12. The Labute approximate surface area is 96.5 Å². The lowest BCUT2D eigenvalue weighted by Crippen LogP contribution is -2.20. The fraction of sp³-hybridized carbons (Fsp3) is 0.667. The van der Waals surface area contributed by atoms with Crippen molar-refractivity contribution in [2.45, 2.75) is 32.7 Å². The van der Waals surface area contributed by atoms with Crippen LogP contribution in [0, 0.1) is 0 Å². The molecule has 0 aromatic carbocycles. The van der Waals surface area contributed by atoms with Crippen LogP contribution in [-0.2, 0) is 12.0 Å². The Hall–Kier alpha value is -0.380. The van der Waals surface area contributed by atoms with E-state index in [0.29, 0.717) is 0 Å². The van der Waals surface area contributed by atoms with Crippen LogP contribution in [0.1, 0.15) is 30.5 Å². The van der Waals surface area contributed by atoms with Gasteiger partial charge in [0.25, 0.3) is 0 Å². The lowest BCUT2D eigenvalue weighted by atomic mass is 9.95. The zero-order chi connectivity index (χ0) is 11.5. The summed E-state index contributed by atoms with van der Waals surface area (Å²) in [6.45, 7) is 8.61. The molecule has 0 fully saturated rings. The molecule has 15 heavy (non-hydrogen) atoms. The summed E-state index contributed by atoms with van der Waals surface area (Å²) >= 11 is 1.87. The number of thiophene rings is 1. The molecule has 86 valence electrons. The molecule has 0 saturated carbocycles. The summed E-state index contributed by atoms with van der Waals surface area (Å²) in [5.74, 6) is 0. The lowest BCUT2D eigenvalue weighted by Gasteiger charge is -2.16. The van der Waals surface area contributed by atoms with Crippen molar-refractivity contribution in [3.63, 3.8) is 0 Å². The molecule has 1 rings (SSSR count). The van der Waals surface area contributed by atoms with Crippen LogP contribution in [0.3, 0.4) is 0 Å². The third kappa shape index (κ3) is 3.93. The summed E-state index contributed by atoms with van der Waals surface area (Å²) in [4.78, 5) is 4.93. The second-order valence-corrected chi connectivity index (χ2v) is 6.15. The summed E-state index contributed by atoms with van der Waals surface area (Å²) in [6.07, 6.45) is 0. The molecule has 1 heterocycles. The molecule has 0 aliphatic rings. The monoisotopic (exact) mass is 227 g/mol. The van der Waals surface area contributed by atoms with Crippen LogP contribution in [0.25, 0.3) is 0 Å². The van der Waals surface area contributed by atoms with Gasteiger partial charge in [0.15, 0.2) is 0 Å². The third-order valence-electron chi connectivity index (χ3n) is 2.31. The first kappa shape index (κ1) is 12.7. The van der Waals surface area contributed by atoms with Gasteiger partial charge in [0.1, 0.15) is 0 Å². The highest BCUT2D eigenvalue weighted by Crippen LogP contribution is 2.29. The standard InChI is InChI=1S/C12H21NOS/c1-12(2,3)11-6-5-10(15-11)9-13(4)7-8-14/h5-6,14H,7-9H2,1-4H3. The van der Waals surface area contributed by atoms with E-state index in [0.717, 1.165) is 13.1 Å². The maximum Gasteiger partial charge on any atom is 0.0558 e. The Morgan fingerprint density at radius 2 is 2.00 bits per heavy atom. The Morgan fingerprint density at radius 3 is 2.47 bits per heavy atom. The van der Waals surface area contributed by atoms with Crippen molar-refractivity contribution in [2.75, 3.05) is 20.2 Å². The van der Waals surface area contributed by atoms with E-state index in [1.165, 1.54) is 9.75 Å². The van der Waals surface area contributed by atoms with E-state index in [9.17, 15) is 0 Å². The molecular weight excluding hydrogens is 206 g/mol. The first-order chi connectivity index (χ1) is 6.93. The van der Waals surface area contributed by atoms with E-state index in [-0.39, 0.29) is 12.0 Å². The summed E-state index contributed by atoms with van der Waals surface area (Å²) in [7, 11) is 2.03. The largest absolute Gasteiger partial charge is 0.395 e. The van der Waals surface area contributed by atoms with Crippen molar-refractivity contribution in [3.8, 4) is 0 Å². The van der Waals surface area contributed by atoms with Crippen molar-refractivity contribution in [2.24, 2.45) is 0 Å². The van der Waals surface area contributed by atoms with Crippen LogP contribution in [0.2, 0.25) is 0 Å². The van der Waals surface area contributed by atoms with Gasteiger partial charge in [-0.15, -0.1) is 11.3 Å². The third-order valence-corrected chi connectivity index (χ3v) is 3.80. The van der Waals surface area contributed by atoms with Gasteiger partial charge in [-0.25, -0.2) is 0 Å². The molecule has 1 aromatic rings.